The molecule has 0 bridgehead atoms. The summed E-state index contributed by atoms with van der Waals surface area (Å²) in [6.07, 6.45) is 2.49. The number of aliphatic hydroxyl groups is 1. The summed E-state index contributed by atoms with van der Waals surface area (Å²) in [4.78, 5) is 17.9. The maximum Gasteiger partial charge on any atom is 0.288 e. The number of carbonyl (C=O) groups is 1. The van der Waals surface area contributed by atoms with Crippen molar-refractivity contribution in [2.75, 3.05) is 13.1 Å². The van der Waals surface area contributed by atoms with Gasteiger partial charge in [-0.3, -0.25) is 9.69 Å². The van der Waals surface area contributed by atoms with Crippen molar-refractivity contribution in [1.29, 1.82) is 0 Å². The number of amides is 1. The average molecular weight is 496 g/mol. The van der Waals surface area contributed by atoms with Gasteiger partial charge in [-0.2, -0.15) is 0 Å². The zero-order valence-corrected chi connectivity index (χ0v) is 21.4. The number of nitrogens with zero attached hydrogens (tertiary/aromatic N) is 4. The summed E-state index contributed by atoms with van der Waals surface area (Å²) in [7, 11) is 0. The molecular weight excluding hydrogens is 462 g/mol. The first-order valence-corrected chi connectivity index (χ1v) is 12.7. The van der Waals surface area contributed by atoms with Crippen molar-refractivity contribution in [2.24, 2.45) is 5.73 Å². The van der Waals surface area contributed by atoms with Crippen molar-refractivity contribution in [3.63, 3.8) is 0 Å². The van der Waals surface area contributed by atoms with E-state index in [1.54, 1.807) is 11.6 Å². The van der Waals surface area contributed by atoms with Gasteiger partial charge in [0.05, 0.1) is 11.3 Å². The van der Waals surface area contributed by atoms with Crippen LogP contribution in [0.2, 0.25) is 0 Å². The van der Waals surface area contributed by atoms with Gasteiger partial charge in [0.25, 0.3) is 5.91 Å². The van der Waals surface area contributed by atoms with Crippen LogP contribution in [0.4, 0.5) is 0 Å². The Bertz CT molecular complexity index is 1360. The molecule has 1 aliphatic rings. The number of piperidine rings is 1. The van der Waals surface area contributed by atoms with Crippen LogP contribution in [0, 0.1) is 6.92 Å². The molecule has 0 saturated carbocycles. The minimum absolute atomic E-state index is 0.0218. The Balaban J connectivity index is 1.19. The molecule has 0 spiro atoms. The molecule has 1 fully saturated rings. The summed E-state index contributed by atoms with van der Waals surface area (Å²) < 4.78 is 1.63. The monoisotopic (exact) mass is 495 g/mol. The predicted molar refractivity (Wildman–Crippen MR) is 144 cm³/mol. The van der Waals surface area contributed by atoms with E-state index < -0.39 is 11.5 Å². The van der Waals surface area contributed by atoms with Gasteiger partial charge in [0.1, 0.15) is 5.82 Å². The number of hydrogen-bond acceptors (Lipinski definition) is 5. The molecule has 0 aliphatic carbocycles. The molecular formula is C30H33N5O2. The Morgan fingerprint density at radius 3 is 1.92 bits per heavy atom. The number of rotatable bonds is 7. The third kappa shape index (κ3) is 5.96. The SMILES string of the molecule is Cc1nc(C(N)=O)nn1-c1ccc(Cc2ccc(-c3ccc(CN4CCC(C)(O)CC4)cc3)cc2)cc1. The van der Waals surface area contributed by atoms with Crippen LogP contribution >= 0.6 is 0 Å². The lowest BCUT2D eigenvalue weighted by atomic mass is 9.93. The number of carbonyl (C=O) groups excluding carboxylic acids is 1. The van der Waals surface area contributed by atoms with Crippen molar-refractivity contribution in [2.45, 2.75) is 45.3 Å². The third-order valence-electron chi connectivity index (χ3n) is 7.16. The van der Waals surface area contributed by atoms with E-state index in [-0.39, 0.29) is 5.82 Å². The van der Waals surface area contributed by atoms with Gasteiger partial charge in [0.15, 0.2) is 0 Å². The van der Waals surface area contributed by atoms with Crippen molar-refractivity contribution in [3.8, 4) is 16.8 Å². The number of nitrogens with two attached hydrogens (primary N) is 1. The van der Waals surface area contributed by atoms with Crippen molar-refractivity contribution >= 4 is 5.91 Å². The number of likely N-dealkylation sites (tertiary alicyclic amines) is 1. The van der Waals surface area contributed by atoms with Gasteiger partial charge in [-0.1, -0.05) is 60.7 Å². The van der Waals surface area contributed by atoms with E-state index in [0.717, 1.165) is 44.6 Å². The summed E-state index contributed by atoms with van der Waals surface area (Å²) in [5.74, 6) is 0.00533. The Morgan fingerprint density at radius 1 is 0.892 bits per heavy atom. The van der Waals surface area contributed by atoms with Crippen LogP contribution in [0.1, 0.15) is 52.9 Å². The van der Waals surface area contributed by atoms with E-state index >= 15 is 0 Å². The molecule has 3 N–H and O–H groups in total. The van der Waals surface area contributed by atoms with E-state index in [2.05, 4.69) is 75.6 Å². The number of aromatic nitrogens is 3. The molecule has 1 saturated heterocycles. The van der Waals surface area contributed by atoms with Crippen LogP contribution in [-0.2, 0) is 13.0 Å². The maximum absolute atomic E-state index is 11.4. The second-order valence-corrected chi connectivity index (χ2v) is 10.3. The third-order valence-corrected chi connectivity index (χ3v) is 7.16. The van der Waals surface area contributed by atoms with Crippen LogP contribution in [0.15, 0.2) is 72.8 Å². The summed E-state index contributed by atoms with van der Waals surface area (Å²) in [6, 6.07) is 25.6. The highest BCUT2D eigenvalue weighted by atomic mass is 16.3. The fraction of sp³-hybridized carbons (Fsp3) is 0.300. The first-order chi connectivity index (χ1) is 17.8. The zero-order chi connectivity index (χ0) is 26.0. The summed E-state index contributed by atoms with van der Waals surface area (Å²) in [5, 5.41) is 14.3. The first-order valence-electron chi connectivity index (χ1n) is 12.7. The lowest BCUT2D eigenvalue weighted by Gasteiger charge is -2.35. The fourth-order valence-electron chi connectivity index (χ4n) is 4.80. The number of aryl methyl sites for hydroxylation is 1. The van der Waals surface area contributed by atoms with Gasteiger partial charge in [-0.25, -0.2) is 9.67 Å². The molecule has 2 heterocycles. The maximum atomic E-state index is 11.4. The second-order valence-electron chi connectivity index (χ2n) is 10.3. The van der Waals surface area contributed by atoms with Crippen molar-refractivity contribution in [1.82, 2.24) is 19.7 Å². The number of hydrogen-bond donors (Lipinski definition) is 2. The Kier molecular flexibility index (Phi) is 6.91. The van der Waals surface area contributed by atoms with Crippen molar-refractivity contribution in [3.05, 3.63) is 101 Å². The van der Waals surface area contributed by atoms with Crippen LogP contribution in [0.3, 0.4) is 0 Å². The van der Waals surface area contributed by atoms with E-state index in [4.69, 9.17) is 5.73 Å². The number of benzene rings is 3. The molecule has 3 aromatic carbocycles. The normalized spacial score (nSPS) is 15.5. The van der Waals surface area contributed by atoms with E-state index in [9.17, 15) is 9.90 Å². The summed E-state index contributed by atoms with van der Waals surface area (Å²) >= 11 is 0. The Hall–Kier alpha value is -3.81. The van der Waals surface area contributed by atoms with E-state index in [1.165, 1.54) is 27.8 Å². The molecule has 0 unspecified atom stereocenters. The standard InChI is InChI=1S/C30H33N5O2/c1-21-32-29(28(31)36)33-35(21)27-13-7-23(8-14-27)19-22-3-9-25(10-4-22)26-11-5-24(6-12-26)20-34-17-15-30(2,37)16-18-34/h3-14,37H,15-20H2,1-2H3,(H2,31,36). The molecule has 1 amide bonds. The van der Waals surface area contributed by atoms with Gasteiger partial charge in [-0.15, -0.1) is 5.10 Å². The second kappa shape index (κ2) is 10.3. The highest BCUT2D eigenvalue weighted by molar-refractivity contribution is 5.88. The van der Waals surface area contributed by atoms with Crippen LogP contribution in [0.25, 0.3) is 16.8 Å². The molecule has 7 nitrogen and oxygen atoms in total. The van der Waals surface area contributed by atoms with Gasteiger partial charge >= 0.3 is 0 Å². The van der Waals surface area contributed by atoms with Crippen molar-refractivity contribution < 1.29 is 9.90 Å². The first kappa shape index (κ1) is 24.9. The topological polar surface area (TPSA) is 97.3 Å². The summed E-state index contributed by atoms with van der Waals surface area (Å²) in [5.41, 5.74) is 11.8. The van der Waals surface area contributed by atoms with E-state index in [0.29, 0.717) is 5.82 Å². The predicted octanol–water partition coefficient (Wildman–Crippen LogP) is 4.28. The van der Waals surface area contributed by atoms with Gasteiger partial charge in [0, 0.05) is 19.6 Å². The minimum Gasteiger partial charge on any atom is -0.390 e. The molecule has 0 atom stereocenters. The Morgan fingerprint density at radius 2 is 1.41 bits per heavy atom. The van der Waals surface area contributed by atoms with Gasteiger partial charge < -0.3 is 10.8 Å². The molecule has 7 heteroatoms. The largest absolute Gasteiger partial charge is 0.390 e. The molecule has 190 valence electrons. The molecule has 4 aromatic rings. The molecule has 0 radical (unpaired) electrons. The highest BCUT2D eigenvalue weighted by Crippen LogP contribution is 2.25. The molecule has 5 rings (SSSR count). The zero-order valence-electron chi connectivity index (χ0n) is 21.4. The van der Waals surface area contributed by atoms with Crippen LogP contribution < -0.4 is 5.73 Å². The van der Waals surface area contributed by atoms with Crippen LogP contribution in [-0.4, -0.2) is 49.4 Å². The smallest absolute Gasteiger partial charge is 0.288 e. The minimum atomic E-state index is -0.633. The fourth-order valence-corrected chi connectivity index (χ4v) is 4.80. The van der Waals surface area contributed by atoms with E-state index in [1.807, 2.05) is 19.1 Å². The molecule has 1 aromatic heterocycles. The molecule has 37 heavy (non-hydrogen) atoms. The van der Waals surface area contributed by atoms with Crippen LogP contribution in [0.5, 0.6) is 0 Å². The lowest BCUT2D eigenvalue weighted by Crippen LogP contribution is -2.41. The molecule has 1 aliphatic heterocycles. The number of primary amides is 1. The Labute approximate surface area is 217 Å². The highest BCUT2D eigenvalue weighted by Gasteiger charge is 2.27. The van der Waals surface area contributed by atoms with Gasteiger partial charge in [0.2, 0.25) is 5.82 Å². The average Bonchev–Trinajstić information content (AvgIpc) is 3.29. The summed E-state index contributed by atoms with van der Waals surface area (Å²) in [6.45, 7) is 6.54. The van der Waals surface area contributed by atoms with Gasteiger partial charge in [-0.05, 0) is 73.1 Å². The quantitative estimate of drug-likeness (QED) is 0.399. The lowest BCUT2D eigenvalue weighted by molar-refractivity contribution is -0.00730.